The number of nitrogens with one attached hydrogen (secondary N) is 1. The van der Waals surface area contributed by atoms with Crippen LogP contribution in [-0.4, -0.2) is 22.4 Å². The first-order chi connectivity index (χ1) is 8.25. The van der Waals surface area contributed by atoms with Crippen LogP contribution in [0.2, 0.25) is 0 Å². The minimum atomic E-state index is -0.228. The summed E-state index contributed by atoms with van der Waals surface area (Å²) in [5.41, 5.74) is 5.67. The lowest BCUT2D eigenvalue weighted by Crippen LogP contribution is -2.26. The summed E-state index contributed by atoms with van der Waals surface area (Å²) in [5, 5.41) is 4.80. The number of nitrogens with zero attached hydrogens (tertiary/aromatic N) is 2. The largest absolute Gasteiger partial charge is 0.382 e. The molecule has 0 aliphatic rings. The molecular formula is C11H12N4OS. The molecule has 0 bridgehead atoms. The Morgan fingerprint density at radius 1 is 1.41 bits per heavy atom. The van der Waals surface area contributed by atoms with Crippen LogP contribution >= 0.6 is 11.3 Å². The molecule has 2 aromatic rings. The Balaban J connectivity index is 1.83. The first kappa shape index (κ1) is 11.5. The number of carbonyl (C=O) groups is 1. The molecule has 0 saturated carbocycles. The molecule has 3 N–H and O–H groups in total. The zero-order valence-electron chi connectivity index (χ0n) is 9.09. The fourth-order valence-corrected chi connectivity index (χ4v) is 2.01. The number of hydrogen-bond acceptors (Lipinski definition) is 5. The van der Waals surface area contributed by atoms with Gasteiger partial charge in [-0.1, -0.05) is 6.07 Å². The Kier molecular flexibility index (Phi) is 3.66. The van der Waals surface area contributed by atoms with E-state index < -0.39 is 0 Å². The molecule has 2 aromatic heterocycles. The van der Waals surface area contributed by atoms with E-state index in [-0.39, 0.29) is 11.6 Å². The molecule has 1 amide bonds. The fourth-order valence-electron chi connectivity index (χ4n) is 1.30. The second kappa shape index (κ2) is 5.40. The van der Waals surface area contributed by atoms with Gasteiger partial charge in [0.15, 0.2) is 0 Å². The molecule has 0 aromatic carbocycles. The number of nitrogens with two attached hydrogens (primary N) is 1. The molecule has 2 heterocycles. The maximum Gasteiger partial charge on any atom is 0.271 e. The van der Waals surface area contributed by atoms with Crippen LogP contribution in [0.15, 0.2) is 29.9 Å². The highest BCUT2D eigenvalue weighted by molar-refractivity contribution is 7.09. The van der Waals surface area contributed by atoms with Gasteiger partial charge >= 0.3 is 0 Å². The maximum atomic E-state index is 11.6. The standard InChI is InChI=1S/C11H12N4OS/c12-10-7-14-9(6-15-10)11(16)13-4-3-8-2-1-5-17-8/h1-2,5-7H,3-4H2,(H2,12,15)(H,13,16). The molecule has 0 spiro atoms. The van der Waals surface area contributed by atoms with Crippen LogP contribution in [0.4, 0.5) is 5.82 Å². The Bertz CT molecular complexity index is 481. The van der Waals surface area contributed by atoms with Gasteiger partial charge in [-0.15, -0.1) is 11.3 Å². The average molecular weight is 248 g/mol. The molecule has 0 unspecified atom stereocenters. The number of carbonyl (C=O) groups excluding carboxylic acids is 1. The van der Waals surface area contributed by atoms with Crippen LogP contribution in [-0.2, 0) is 6.42 Å². The van der Waals surface area contributed by atoms with E-state index in [9.17, 15) is 4.79 Å². The monoisotopic (exact) mass is 248 g/mol. The van der Waals surface area contributed by atoms with Crippen molar-refractivity contribution in [2.45, 2.75) is 6.42 Å². The third kappa shape index (κ3) is 3.25. The van der Waals surface area contributed by atoms with E-state index in [0.29, 0.717) is 12.4 Å². The number of hydrogen-bond donors (Lipinski definition) is 2. The summed E-state index contributed by atoms with van der Waals surface area (Å²) in [4.78, 5) is 20.6. The molecule has 2 rings (SSSR count). The number of rotatable bonds is 4. The van der Waals surface area contributed by atoms with Gasteiger partial charge in [0.25, 0.3) is 5.91 Å². The van der Waals surface area contributed by atoms with Crippen molar-refractivity contribution in [3.8, 4) is 0 Å². The summed E-state index contributed by atoms with van der Waals surface area (Å²) in [7, 11) is 0. The molecule has 5 nitrogen and oxygen atoms in total. The topological polar surface area (TPSA) is 80.9 Å². The van der Waals surface area contributed by atoms with Gasteiger partial charge in [0, 0.05) is 11.4 Å². The summed E-state index contributed by atoms with van der Waals surface area (Å²) < 4.78 is 0. The lowest BCUT2D eigenvalue weighted by molar-refractivity contribution is 0.0949. The van der Waals surface area contributed by atoms with Crippen molar-refractivity contribution >= 4 is 23.1 Å². The summed E-state index contributed by atoms with van der Waals surface area (Å²) in [6, 6.07) is 4.03. The van der Waals surface area contributed by atoms with Crippen LogP contribution in [0, 0.1) is 0 Å². The SMILES string of the molecule is Nc1cnc(C(=O)NCCc2cccs2)cn1. The van der Waals surface area contributed by atoms with Gasteiger partial charge in [-0.25, -0.2) is 9.97 Å². The van der Waals surface area contributed by atoms with Crippen molar-refractivity contribution in [1.82, 2.24) is 15.3 Å². The summed E-state index contributed by atoms with van der Waals surface area (Å²) >= 11 is 1.68. The number of aromatic nitrogens is 2. The van der Waals surface area contributed by atoms with Crippen LogP contribution < -0.4 is 11.1 Å². The number of anilines is 1. The van der Waals surface area contributed by atoms with E-state index >= 15 is 0 Å². The normalized spacial score (nSPS) is 10.1. The van der Waals surface area contributed by atoms with Crippen molar-refractivity contribution in [2.75, 3.05) is 12.3 Å². The van der Waals surface area contributed by atoms with Gasteiger partial charge in [-0.3, -0.25) is 4.79 Å². The highest BCUT2D eigenvalue weighted by atomic mass is 32.1. The van der Waals surface area contributed by atoms with E-state index in [4.69, 9.17) is 5.73 Å². The highest BCUT2D eigenvalue weighted by Gasteiger charge is 2.06. The van der Waals surface area contributed by atoms with Gasteiger partial charge in [-0.2, -0.15) is 0 Å². The maximum absolute atomic E-state index is 11.6. The lowest BCUT2D eigenvalue weighted by Gasteiger charge is -2.03. The molecule has 0 atom stereocenters. The van der Waals surface area contributed by atoms with E-state index in [0.717, 1.165) is 6.42 Å². The predicted molar refractivity (Wildman–Crippen MR) is 66.8 cm³/mol. The summed E-state index contributed by atoms with van der Waals surface area (Å²) in [5.74, 6) is 0.0780. The van der Waals surface area contributed by atoms with Gasteiger partial charge < -0.3 is 11.1 Å². The number of thiophene rings is 1. The minimum Gasteiger partial charge on any atom is -0.382 e. The van der Waals surface area contributed by atoms with Gasteiger partial charge in [0.2, 0.25) is 0 Å². The van der Waals surface area contributed by atoms with E-state index in [2.05, 4.69) is 15.3 Å². The quantitative estimate of drug-likeness (QED) is 0.848. The second-order valence-corrected chi connectivity index (χ2v) is 4.44. The van der Waals surface area contributed by atoms with E-state index in [1.54, 1.807) is 11.3 Å². The third-order valence-corrected chi connectivity index (χ3v) is 3.08. The molecule has 0 aliphatic carbocycles. The van der Waals surface area contributed by atoms with Crippen LogP contribution in [0.3, 0.4) is 0 Å². The molecule has 0 fully saturated rings. The van der Waals surface area contributed by atoms with Gasteiger partial charge in [-0.05, 0) is 17.9 Å². The molecule has 6 heteroatoms. The number of nitrogen functional groups attached to an aromatic ring is 1. The summed E-state index contributed by atoms with van der Waals surface area (Å²) in [6.07, 6.45) is 3.57. The van der Waals surface area contributed by atoms with Crippen molar-refractivity contribution in [2.24, 2.45) is 0 Å². The van der Waals surface area contributed by atoms with Gasteiger partial charge in [0.05, 0.1) is 12.4 Å². The second-order valence-electron chi connectivity index (χ2n) is 3.41. The van der Waals surface area contributed by atoms with Crippen molar-refractivity contribution < 1.29 is 4.79 Å². The van der Waals surface area contributed by atoms with Crippen LogP contribution in [0.5, 0.6) is 0 Å². The first-order valence-corrected chi connectivity index (χ1v) is 6.02. The zero-order valence-corrected chi connectivity index (χ0v) is 9.91. The van der Waals surface area contributed by atoms with Crippen molar-refractivity contribution in [3.63, 3.8) is 0 Å². The molecule has 0 radical (unpaired) electrons. The zero-order chi connectivity index (χ0) is 12.1. The Hall–Kier alpha value is -1.95. The Morgan fingerprint density at radius 3 is 2.94 bits per heavy atom. The van der Waals surface area contributed by atoms with Crippen molar-refractivity contribution in [3.05, 3.63) is 40.5 Å². The molecular weight excluding hydrogens is 236 g/mol. The Morgan fingerprint density at radius 2 is 2.29 bits per heavy atom. The molecule has 88 valence electrons. The van der Waals surface area contributed by atoms with Crippen LogP contribution in [0.25, 0.3) is 0 Å². The predicted octanol–water partition coefficient (Wildman–Crippen LogP) is 1.09. The highest BCUT2D eigenvalue weighted by Crippen LogP contribution is 2.08. The summed E-state index contributed by atoms with van der Waals surface area (Å²) in [6.45, 7) is 0.589. The first-order valence-electron chi connectivity index (χ1n) is 5.14. The average Bonchev–Trinajstić information content (AvgIpc) is 2.83. The minimum absolute atomic E-state index is 0.228. The third-order valence-electron chi connectivity index (χ3n) is 2.14. The fraction of sp³-hybridized carbons (Fsp3) is 0.182. The molecule has 0 saturated heterocycles. The molecule has 0 aliphatic heterocycles. The Labute approximate surface area is 103 Å². The number of amides is 1. The van der Waals surface area contributed by atoms with Gasteiger partial charge in [0.1, 0.15) is 11.5 Å². The van der Waals surface area contributed by atoms with E-state index in [1.165, 1.54) is 17.3 Å². The lowest BCUT2D eigenvalue weighted by atomic mass is 10.3. The van der Waals surface area contributed by atoms with E-state index in [1.807, 2.05) is 17.5 Å². The van der Waals surface area contributed by atoms with Crippen LogP contribution in [0.1, 0.15) is 15.4 Å². The molecule has 17 heavy (non-hydrogen) atoms. The van der Waals surface area contributed by atoms with Crippen molar-refractivity contribution in [1.29, 1.82) is 0 Å². The smallest absolute Gasteiger partial charge is 0.271 e.